The monoisotopic (exact) mass is 150 g/mol. The Morgan fingerprint density at radius 2 is 2.11 bits per heavy atom. The fourth-order valence-electron chi connectivity index (χ4n) is 0.240. The van der Waals surface area contributed by atoms with Gasteiger partial charge in [0.2, 0.25) is 0 Å². The van der Waals surface area contributed by atoms with Crippen LogP contribution in [-0.2, 0) is 15.5 Å². The van der Waals surface area contributed by atoms with Crippen LogP contribution in [0.3, 0.4) is 0 Å². The molecule has 0 aromatic heterocycles. The van der Waals surface area contributed by atoms with Gasteiger partial charge >= 0.3 is 5.97 Å². The van der Waals surface area contributed by atoms with E-state index in [1.54, 1.807) is 0 Å². The first kappa shape index (κ1) is 8.16. The lowest BCUT2D eigenvalue weighted by molar-refractivity contribution is -0.131. The second kappa shape index (κ2) is 4.08. The van der Waals surface area contributed by atoms with Crippen molar-refractivity contribution < 1.29 is 18.3 Å². The van der Waals surface area contributed by atoms with Crippen molar-refractivity contribution in [2.45, 2.75) is 0 Å². The van der Waals surface area contributed by atoms with Crippen molar-refractivity contribution >= 4 is 16.7 Å². The van der Waals surface area contributed by atoms with Crippen molar-refractivity contribution in [3.8, 4) is 0 Å². The molecule has 0 radical (unpaired) electrons. The Labute approximate surface area is 53.8 Å². The summed E-state index contributed by atoms with van der Waals surface area (Å²) in [5.41, 5.74) is 0. The number of aliphatic carboxylic acids is 1. The van der Waals surface area contributed by atoms with Crippen LogP contribution < -0.4 is 0 Å². The maximum atomic E-state index is 9.77. The number of hydrogen-bond acceptors (Lipinski definition) is 3. The van der Waals surface area contributed by atoms with Crippen molar-refractivity contribution in [2.75, 3.05) is 5.75 Å². The van der Waals surface area contributed by atoms with Crippen molar-refractivity contribution in [2.24, 2.45) is 0 Å². The standard InChI is InChI=1S/C4H6O4S/c5-4(6)2-1-3-9(7)8/h1-2,9H,3H2,(H,5,6). The molecule has 0 saturated heterocycles. The molecule has 0 bridgehead atoms. The molecule has 0 heterocycles. The fraction of sp³-hybridized carbons (Fsp3) is 0.250. The Kier molecular flexibility index (Phi) is 3.70. The Hall–Kier alpha value is -0.840. The summed E-state index contributed by atoms with van der Waals surface area (Å²) in [5, 5.41) is 7.94. The molecule has 4 nitrogen and oxygen atoms in total. The van der Waals surface area contributed by atoms with Gasteiger partial charge in [0.05, 0.1) is 5.75 Å². The third-order valence-corrected chi connectivity index (χ3v) is 1.02. The van der Waals surface area contributed by atoms with Gasteiger partial charge in [0.1, 0.15) is 10.7 Å². The molecule has 0 aliphatic carbocycles. The van der Waals surface area contributed by atoms with Crippen LogP contribution in [-0.4, -0.2) is 25.2 Å². The molecule has 0 rings (SSSR count). The van der Waals surface area contributed by atoms with Crippen LogP contribution in [0, 0.1) is 0 Å². The maximum absolute atomic E-state index is 9.77. The molecule has 52 valence electrons. The summed E-state index contributed by atoms with van der Waals surface area (Å²) >= 11 is 0. The first-order valence-corrected chi connectivity index (χ1v) is 3.50. The van der Waals surface area contributed by atoms with Crippen LogP contribution in [0.4, 0.5) is 0 Å². The molecular formula is C4H6O4S. The number of hydrogen-bond donors (Lipinski definition) is 2. The average Bonchev–Trinajstić information content (AvgIpc) is 1.63. The lowest BCUT2D eigenvalue weighted by Gasteiger charge is -1.75. The summed E-state index contributed by atoms with van der Waals surface area (Å²) in [5.74, 6) is -1.34. The highest BCUT2D eigenvalue weighted by Gasteiger charge is 1.84. The summed E-state index contributed by atoms with van der Waals surface area (Å²) < 4.78 is 19.5. The third-order valence-electron chi connectivity index (χ3n) is 0.515. The largest absolute Gasteiger partial charge is 0.478 e. The Morgan fingerprint density at radius 1 is 1.56 bits per heavy atom. The van der Waals surface area contributed by atoms with E-state index in [9.17, 15) is 13.2 Å². The van der Waals surface area contributed by atoms with E-state index < -0.39 is 16.7 Å². The number of rotatable bonds is 3. The minimum atomic E-state index is -2.48. The quantitative estimate of drug-likeness (QED) is 0.409. The number of carboxylic acid groups (broad SMARTS) is 1. The van der Waals surface area contributed by atoms with E-state index in [0.717, 1.165) is 12.2 Å². The molecule has 0 unspecified atom stereocenters. The van der Waals surface area contributed by atoms with E-state index in [0.29, 0.717) is 0 Å². The van der Waals surface area contributed by atoms with E-state index in [2.05, 4.69) is 0 Å². The summed E-state index contributed by atoms with van der Waals surface area (Å²) in [6.07, 6.45) is 1.87. The zero-order valence-corrected chi connectivity index (χ0v) is 5.38. The second-order valence-corrected chi connectivity index (χ2v) is 2.29. The summed E-state index contributed by atoms with van der Waals surface area (Å²) in [7, 11) is -2.48. The third kappa shape index (κ3) is 7.16. The molecule has 5 heteroatoms. The fourth-order valence-corrected chi connectivity index (χ4v) is 0.517. The molecule has 1 N–H and O–H groups in total. The second-order valence-electron chi connectivity index (χ2n) is 1.26. The number of thiol groups is 1. The molecule has 0 fully saturated rings. The minimum absolute atomic E-state index is 0.207. The maximum Gasteiger partial charge on any atom is 0.328 e. The van der Waals surface area contributed by atoms with Crippen LogP contribution in [0.15, 0.2) is 12.2 Å². The van der Waals surface area contributed by atoms with Crippen LogP contribution in [0.2, 0.25) is 0 Å². The highest BCUT2D eigenvalue weighted by molar-refractivity contribution is 7.72. The van der Waals surface area contributed by atoms with Crippen molar-refractivity contribution in [3.63, 3.8) is 0 Å². The lowest BCUT2D eigenvalue weighted by Crippen LogP contribution is -1.88. The van der Waals surface area contributed by atoms with Gasteiger partial charge < -0.3 is 5.11 Å². The Balaban J connectivity index is 3.61. The van der Waals surface area contributed by atoms with Gasteiger partial charge in [-0.05, 0) is 0 Å². The van der Waals surface area contributed by atoms with Crippen molar-refractivity contribution in [1.29, 1.82) is 0 Å². The van der Waals surface area contributed by atoms with E-state index in [1.165, 1.54) is 0 Å². The first-order chi connectivity index (χ1) is 4.13. The molecule has 0 spiro atoms. The minimum Gasteiger partial charge on any atom is -0.478 e. The number of carboxylic acids is 1. The highest BCUT2D eigenvalue weighted by Crippen LogP contribution is 1.72. The van der Waals surface area contributed by atoms with E-state index in [-0.39, 0.29) is 5.75 Å². The smallest absolute Gasteiger partial charge is 0.328 e. The van der Waals surface area contributed by atoms with E-state index >= 15 is 0 Å². The number of carbonyl (C=O) groups is 1. The predicted octanol–water partition coefficient (Wildman–Crippen LogP) is -0.761. The average molecular weight is 150 g/mol. The van der Waals surface area contributed by atoms with Crippen molar-refractivity contribution in [1.82, 2.24) is 0 Å². The van der Waals surface area contributed by atoms with Gasteiger partial charge in [0.25, 0.3) is 0 Å². The van der Waals surface area contributed by atoms with Gasteiger partial charge in [-0.15, -0.1) is 0 Å². The van der Waals surface area contributed by atoms with Crippen molar-refractivity contribution in [3.05, 3.63) is 12.2 Å². The normalized spacial score (nSPS) is 10.8. The van der Waals surface area contributed by atoms with Gasteiger partial charge in [0.15, 0.2) is 0 Å². The molecule has 0 amide bonds. The molecule has 0 atom stereocenters. The van der Waals surface area contributed by atoms with Gasteiger partial charge in [-0.3, -0.25) is 0 Å². The molecule has 0 saturated carbocycles. The lowest BCUT2D eigenvalue weighted by atomic mass is 10.5. The van der Waals surface area contributed by atoms with Gasteiger partial charge in [0, 0.05) is 6.08 Å². The molecule has 0 aliphatic heterocycles. The molecule has 0 aliphatic rings. The molecular weight excluding hydrogens is 144 g/mol. The molecule has 0 aromatic rings. The van der Waals surface area contributed by atoms with E-state index in [4.69, 9.17) is 5.11 Å². The SMILES string of the molecule is O=C(O)C=CC[SH](=O)=O. The van der Waals surface area contributed by atoms with Gasteiger partial charge in [-0.1, -0.05) is 6.08 Å². The van der Waals surface area contributed by atoms with Gasteiger partial charge in [-0.25, -0.2) is 13.2 Å². The van der Waals surface area contributed by atoms with Crippen LogP contribution in [0.1, 0.15) is 0 Å². The van der Waals surface area contributed by atoms with Crippen LogP contribution in [0.5, 0.6) is 0 Å². The van der Waals surface area contributed by atoms with Crippen LogP contribution >= 0.6 is 0 Å². The Morgan fingerprint density at radius 3 is 2.44 bits per heavy atom. The topological polar surface area (TPSA) is 71.4 Å². The van der Waals surface area contributed by atoms with E-state index in [1.807, 2.05) is 0 Å². The highest BCUT2D eigenvalue weighted by atomic mass is 32.2. The molecule has 0 aromatic carbocycles. The predicted molar refractivity (Wildman–Crippen MR) is 32.0 cm³/mol. The summed E-state index contributed by atoms with van der Waals surface area (Å²) in [4.78, 5) is 9.70. The first-order valence-electron chi connectivity index (χ1n) is 2.14. The zero-order valence-electron chi connectivity index (χ0n) is 4.48. The summed E-state index contributed by atoms with van der Waals surface area (Å²) in [6, 6.07) is 0. The van der Waals surface area contributed by atoms with Crippen LogP contribution in [0.25, 0.3) is 0 Å². The zero-order chi connectivity index (χ0) is 7.28. The summed E-state index contributed by atoms with van der Waals surface area (Å²) in [6.45, 7) is 0. The molecule has 9 heavy (non-hydrogen) atoms. The Bertz CT molecular complexity index is 183. The van der Waals surface area contributed by atoms with Gasteiger partial charge in [-0.2, -0.15) is 0 Å².